The molecule has 0 radical (unpaired) electrons. The molecule has 172 valence electrons. The molecule has 1 heterocycles. The van der Waals surface area contributed by atoms with E-state index >= 15 is 0 Å². The molecular formula is C21H28F3N3O4. The van der Waals surface area contributed by atoms with Gasteiger partial charge in [-0.15, -0.1) is 0 Å². The highest BCUT2D eigenvalue weighted by molar-refractivity contribution is 5.76. The van der Waals surface area contributed by atoms with Crippen LogP contribution in [-0.4, -0.2) is 34.1 Å². The minimum atomic E-state index is -4.14. The van der Waals surface area contributed by atoms with Crippen LogP contribution in [0.15, 0.2) is 18.3 Å². The third kappa shape index (κ3) is 6.80. The number of hydrogen-bond donors (Lipinski definition) is 1. The molecule has 0 saturated heterocycles. The summed E-state index contributed by atoms with van der Waals surface area (Å²) in [4.78, 5) is 26.7. The Bertz CT molecular complexity index is 758. The van der Waals surface area contributed by atoms with E-state index in [2.05, 4.69) is 10.3 Å². The Morgan fingerprint density at radius 1 is 1.16 bits per heavy atom. The lowest BCUT2D eigenvalue weighted by Crippen LogP contribution is -2.40. The number of carbonyl (C=O) groups excluding carboxylic acids is 1. The summed E-state index contributed by atoms with van der Waals surface area (Å²) in [5.74, 6) is -0.940. The zero-order chi connectivity index (χ0) is 22.4. The van der Waals surface area contributed by atoms with E-state index in [1.54, 1.807) is 0 Å². The van der Waals surface area contributed by atoms with Crippen molar-refractivity contribution in [3.63, 3.8) is 0 Å². The predicted molar refractivity (Wildman–Crippen MR) is 106 cm³/mol. The normalized spacial score (nSPS) is 26.8. The lowest BCUT2D eigenvalue weighted by molar-refractivity contribution is -0.386. The van der Waals surface area contributed by atoms with E-state index in [0.717, 1.165) is 32.1 Å². The number of nitrogens with zero attached hydrogens (tertiary/aromatic N) is 2. The number of aromatic nitrogens is 1. The molecule has 1 aromatic rings. The minimum absolute atomic E-state index is 0.0376. The maximum absolute atomic E-state index is 12.7. The van der Waals surface area contributed by atoms with Crippen molar-refractivity contribution < 1.29 is 27.6 Å². The molecule has 10 heteroatoms. The van der Waals surface area contributed by atoms with Crippen molar-refractivity contribution in [1.82, 2.24) is 10.3 Å². The Hall–Kier alpha value is -2.39. The number of nitrogens with one attached hydrogen (secondary N) is 1. The van der Waals surface area contributed by atoms with Crippen LogP contribution in [0.2, 0.25) is 0 Å². The van der Waals surface area contributed by atoms with E-state index in [9.17, 15) is 28.1 Å². The van der Waals surface area contributed by atoms with E-state index in [1.165, 1.54) is 18.3 Å². The summed E-state index contributed by atoms with van der Waals surface area (Å²) in [6.07, 6.45) is 2.36. The summed E-state index contributed by atoms with van der Waals surface area (Å²) in [6.45, 7) is 0. The first-order valence-corrected chi connectivity index (χ1v) is 10.8. The van der Waals surface area contributed by atoms with Gasteiger partial charge in [-0.05, 0) is 69.8 Å². The van der Waals surface area contributed by atoms with Gasteiger partial charge in [0.1, 0.15) is 6.10 Å². The molecule has 0 atom stereocenters. The lowest BCUT2D eigenvalue weighted by atomic mass is 9.84. The Morgan fingerprint density at radius 3 is 2.45 bits per heavy atom. The van der Waals surface area contributed by atoms with Gasteiger partial charge in [0.25, 0.3) is 5.88 Å². The van der Waals surface area contributed by atoms with Gasteiger partial charge >= 0.3 is 11.9 Å². The maximum Gasteiger partial charge on any atom is 0.391 e. The SMILES string of the molecule is O=C(CCC1CCC(Oc2ncccc2[N+](=O)[O-])CC1)NC1CCC(C(F)(F)F)CC1. The number of halogens is 3. The molecule has 3 rings (SSSR count). The highest BCUT2D eigenvalue weighted by Gasteiger charge is 2.41. The summed E-state index contributed by atoms with van der Waals surface area (Å²) in [5.41, 5.74) is -0.148. The second kappa shape index (κ2) is 10.3. The lowest BCUT2D eigenvalue weighted by Gasteiger charge is -2.31. The van der Waals surface area contributed by atoms with Crippen LogP contribution >= 0.6 is 0 Å². The molecule has 7 nitrogen and oxygen atoms in total. The number of amides is 1. The van der Waals surface area contributed by atoms with Gasteiger partial charge in [0.05, 0.1) is 10.8 Å². The molecule has 2 aliphatic rings. The summed E-state index contributed by atoms with van der Waals surface area (Å²) in [7, 11) is 0. The van der Waals surface area contributed by atoms with E-state index in [0.29, 0.717) is 25.2 Å². The second-order valence-electron chi connectivity index (χ2n) is 8.54. The van der Waals surface area contributed by atoms with E-state index < -0.39 is 17.0 Å². The van der Waals surface area contributed by atoms with Gasteiger partial charge < -0.3 is 10.1 Å². The fraction of sp³-hybridized carbons (Fsp3) is 0.714. The molecule has 31 heavy (non-hydrogen) atoms. The Labute approximate surface area is 178 Å². The molecular weight excluding hydrogens is 415 g/mol. The zero-order valence-electron chi connectivity index (χ0n) is 17.3. The van der Waals surface area contributed by atoms with E-state index in [4.69, 9.17) is 4.74 Å². The molecule has 0 unspecified atom stereocenters. The summed E-state index contributed by atoms with van der Waals surface area (Å²) in [5, 5.41) is 14.0. The topological polar surface area (TPSA) is 94.4 Å². The molecule has 0 spiro atoms. The quantitative estimate of drug-likeness (QED) is 0.476. The monoisotopic (exact) mass is 443 g/mol. The number of rotatable bonds is 7. The third-order valence-corrected chi connectivity index (χ3v) is 6.35. The average molecular weight is 443 g/mol. The summed E-state index contributed by atoms with van der Waals surface area (Å²) >= 11 is 0. The van der Waals surface area contributed by atoms with Gasteiger partial charge in [-0.2, -0.15) is 13.2 Å². The smallest absolute Gasteiger partial charge is 0.391 e. The van der Waals surface area contributed by atoms with Gasteiger partial charge in [-0.1, -0.05) is 0 Å². The first-order chi connectivity index (χ1) is 14.7. The van der Waals surface area contributed by atoms with Crippen molar-refractivity contribution in [2.24, 2.45) is 11.8 Å². The number of hydrogen-bond acceptors (Lipinski definition) is 5. The van der Waals surface area contributed by atoms with E-state index in [1.807, 2.05) is 0 Å². The largest absolute Gasteiger partial charge is 0.469 e. The van der Waals surface area contributed by atoms with Crippen LogP contribution < -0.4 is 10.1 Å². The Morgan fingerprint density at radius 2 is 1.84 bits per heavy atom. The van der Waals surface area contributed by atoms with Gasteiger partial charge in [-0.3, -0.25) is 14.9 Å². The Kier molecular flexibility index (Phi) is 7.72. The molecule has 1 N–H and O–H groups in total. The number of pyridine rings is 1. The van der Waals surface area contributed by atoms with Crippen LogP contribution in [0, 0.1) is 22.0 Å². The molecule has 1 aromatic heterocycles. The average Bonchev–Trinajstić information content (AvgIpc) is 2.73. The van der Waals surface area contributed by atoms with Crippen molar-refractivity contribution in [2.75, 3.05) is 0 Å². The number of alkyl halides is 3. The maximum atomic E-state index is 12.7. The molecule has 1 amide bonds. The van der Waals surface area contributed by atoms with Crippen molar-refractivity contribution >= 4 is 11.6 Å². The summed E-state index contributed by atoms with van der Waals surface area (Å²) in [6, 6.07) is 2.70. The van der Waals surface area contributed by atoms with Crippen LogP contribution in [0.5, 0.6) is 5.88 Å². The first kappa shape index (κ1) is 23.3. The van der Waals surface area contributed by atoms with Crippen molar-refractivity contribution in [1.29, 1.82) is 0 Å². The predicted octanol–water partition coefficient (Wildman–Crippen LogP) is 4.94. The van der Waals surface area contributed by atoms with Gasteiger partial charge in [0.2, 0.25) is 5.91 Å². The van der Waals surface area contributed by atoms with Crippen molar-refractivity contribution in [3.8, 4) is 5.88 Å². The fourth-order valence-corrected chi connectivity index (χ4v) is 4.51. The highest BCUT2D eigenvalue weighted by atomic mass is 19.4. The molecule has 2 saturated carbocycles. The van der Waals surface area contributed by atoms with Crippen LogP contribution in [-0.2, 0) is 4.79 Å². The van der Waals surface area contributed by atoms with E-state index in [-0.39, 0.29) is 42.5 Å². The van der Waals surface area contributed by atoms with Crippen LogP contribution in [0.1, 0.15) is 64.2 Å². The minimum Gasteiger partial charge on any atom is -0.469 e. The highest BCUT2D eigenvalue weighted by Crippen LogP contribution is 2.37. The second-order valence-corrected chi connectivity index (χ2v) is 8.54. The van der Waals surface area contributed by atoms with Crippen LogP contribution in [0.4, 0.5) is 18.9 Å². The number of ether oxygens (including phenoxy) is 1. The fourth-order valence-electron chi connectivity index (χ4n) is 4.51. The molecule has 0 bridgehead atoms. The number of carbonyl (C=O) groups is 1. The van der Waals surface area contributed by atoms with Gasteiger partial charge in [-0.25, -0.2) is 4.98 Å². The third-order valence-electron chi connectivity index (χ3n) is 6.35. The molecule has 2 aliphatic carbocycles. The standard InChI is InChI=1S/C21H28F3N3O4/c22-21(23,24)15-6-8-16(9-7-15)26-19(28)12-5-14-3-10-17(11-4-14)31-20-18(27(29)30)2-1-13-25-20/h1-2,13-17H,3-12H2,(H,26,28). The number of nitro groups is 1. The van der Waals surface area contributed by atoms with Crippen molar-refractivity contribution in [3.05, 3.63) is 28.4 Å². The molecule has 0 aromatic carbocycles. The van der Waals surface area contributed by atoms with Crippen LogP contribution in [0.25, 0.3) is 0 Å². The van der Waals surface area contributed by atoms with Crippen LogP contribution in [0.3, 0.4) is 0 Å². The van der Waals surface area contributed by atoms with Gasteiger partial charge in [0, 0.05) is 24.7 Å². The summed E-state index contributed by atoms with van der Waals surface area (Å²) < 4.78 is 43.9. The molecule has 2 fully saturated rings. The molecule has 0 aliphatic heterocycles. The van der Waals surface area contributed by atoms with Gasteiger partial charge in [0.15, 0.2) is 0 Å². The zero-order valence-corrected chi connectivity index (χ0v) is 17.3. The van der Waals surface area contributed by atoms with Crippen molar-refractivity contribution in [2.45, 2.75) is 82.5 Å². The Balaban J connectivity index is 1.34. The first-order valence-electron chi connectivity index (χ1n) is 10.8.